The van der Waals surface area contributed by atoms with Crippen LogP contribution in [-0.2, 0) is 24.3 Å². The zero-order chi connectivity index (χ0) is 17.5. The topological polar surface area (TPSA) is 59.6 Å². The van der Waals surface area contributed by atoms with Crippen LogP contribution in [0.4, 0.5) is 0 Å². The van der Waals surface area contributed by atoms with Gasteiger partial charge in [-0.3, -0.25) is 4.79 Å². The van der Waals surface area contributed by atoms with Crippen molar-refractivity contribution in [2.75, 3.05) is 6.79 Å². The molecule has 0 fully saturated rings. The van der Waals surface area contributed by atoms with Crippen LogP contribution in [0.1, 0.15) is 16.0 Å². The molecular weight excluding hydrogens is 384 g/mol. The van der Waals surface area contributed by atoms with Crippen molar-refractivity contribution in [3.63, 3.8) is 0 Å². The molecule has 2 N–H and O–H groups in total. The van der Waals surface area contributed by atoms with Gasteiger partial charge in [0.15, 0.2) is 11.5 Å². The predicted octanol–water partition coefficient (Wildman–Crippen LogP) is 3.38. The van der Waals surface area contributed by atoms with Crippen LogP contribution in [0.25, 0.3) is 10.1 Å². The molecule has 1 amide bonds. The van der Waals surface area contributed by atoms with E-state index >= 15 is 0 Å². The Labute approximate surface area is 167 Å². The number of hydrogen-bond donors (Lipinski definition) is 2. The second-order valence-corrected chi connectivity index (χ2v) is 7.68. The zero-order valence-electron chi connectivity index (χ0n) is 14.5. The smallest absolute Gasteiger partial charge is 0.237 e. The van der Waals surface area contributed by atoms with Gasteiger partial charge in [-0.15, -0.1) is 23.7 Å². The fourth-order valence-corrected chi connectivity index (χ4v) is 4.74. The van der Waals surface area contributed by atoms with E-state index in [1.54, 1.807) is 0 Å². The number of thiophene rings is 1. The number of benzene rings is 2. The molecule has 0 saturated carbocycles. The van der Waals surface area contributed by atoms with Gasteiger partial charge in [-0.2, -0.15) is 0 Å². The Balaban J connectivity index is 0.00000180. The van der Waals surface area contributed by atoms with Gasteiger partial charge in [0.25, 0.3) is 0 Å². The molecule has 1 aromatic heterocycles. The fraction of sp³-hybridized carbons (Fsp3) is 0.250. The second-order valence-electron chi connectivity index (χ2n) is 6.54. The number of ether oxygens (including phenoxy) is 2. The number of hydrogen-bond acceptors (Lipinski definition) is 5. The highest BCUT2D eigenvalue weighted by Gasteiger charge is 2.27. The van der Waals surface area contributed by atoms with Gasteiger partial charge in [0.1, 0.15) is 0 Å². The van der Waals surface area contributed by atoms with Crippen LogP contribution < -0.4 is 20.1 Å². The van der Waals surface area contributed by atoms with Gasteiger partial charge in [-0.05, 0) is 41.1 Å². The van der Waals surface area contributed by atoms with Crippen LogP contribution in [0.5, 0.6) is 11.5 Å². The Morgan fingerprint density at radius 3 is 2.96 bits per heavy atom. The Morgan fingerprint density at radius 1 is 1.19 bits per heavy atom. The van der Waals surface area contributed by atoms with E-state index in [1.165, 1.54) is 20.5 Å². The number of nitrogens with one attached hydrogen (secondary N) is 2. The number of amides is 1. The molecule has 0 radical (unpaired) electrons. The van der Waals surface area contributed by atoms with Gasteiger partial charge in [-0.1, -0.05) is 24.3 Å². The van der Waals surface area contributed by atoms with Crippen molar-refractivity contribution < 1.29 is 14.3 Å². The maximum absolute atomic E-state index is 12.6. The van der Waals surface area contributed by atoms with E-state index in [-0.39, 0.29) is 31.1 Å². The maximum atomic E-state index is 12.6. The number of rotatable bonds is 3. The summed E-state index contributed by atoms with van der Waals surface area (Å²) in [5.74, 6) is 1.52. The summed E-state index contributed by atoms with van der Waals surface area (Å²) in [6.07, 6.45) is 0.728. The molecule has 2 aliphatic rings. The summed E-state index contributed by atoms with van der Waals surface area (Å²) in [4.78, 5) is 14.0. The van der Waals surface area contributed by atoms with Crippen molar-refractivity contribution in [1.29, 1.82) is 0 Å². The molecule has 2 aliphatic heterocycles. The van der Waals surface area contributed by atoms with Crippen LogP contribution in [0.3, 0.4) is 0 Å². The lowest BCUT2D eigenvalue weighted by Gasteiger charge is -2.23. The minimum absolute atomic E-state index is 0. The summed E-state index contributed by atoms with van der Waals surface area (Å²) < 4.78 is 12.0. The third kappa shape index (κ3) is 3.36. The molecule has 3 heterocycles. The largest absolute Gasteiger partial charge is 0.454 e. The van der Waals surface area contributed by atoms with E-state index in [0.717, 1.165) is 30.0 Å². The van der Waals surface area contributed by atoms with Gasteiger partial charge in [0, 0.05) is 22.7 Å². The molecule has 5 rings (SSSR count). The number of carbonyl (C=O) groups excluding carboxylic acids is 1. The Morgan fingerprint density at radius 2 is 2.04 bits per heavy atom. The lowest BCUT2D eigenvalue weighted by molar-refractivity contribution is -0.123. The molecule has 0 saturated heterocycles. The van der Waals surface area contributed by atoms with Crippen molar-refractivity contribution in [2.45, 2.75) is 25.6 Å². The standard InChI is InChI=1S/C20H18N2O3S.ClH/c23-20(22-9-12-5-6-16-17(7-12)25-11-24-16)15-8-14-13-3-1-2-4-18(13)26-19(14)10-21-15;/h1-7,15,21H,8-11H2,(H,22,23);1H. The van der Waals surface area contributed by atoms with Crippen molar-refractivity contribution in [1.82, 2.24) is 10.6 Å². The predicted molar refractivity (Wildman–Crippen MR) is 108 cm³/mol. The first kappa shape index (κ1) is 18.1. The van der Waals surface area contributed by atoms with Crippen LogP contribution in [0, 0.1) is 0 Å². The highest BCUT2D eigenvalue weighted by molar-refractivity contribution is 7.19. The third-order valence-electron chi connectivity index (χ3n) is 4.92. The summed E-state index contributed by atoms with van der Waals surface area (Å²) in [7, 11) is 0. The first-order chi connectivity index (χ1) is 12.8. The van der Waals surface area contributed by atoms with Gasteiger partial charge < -0.3 is 20.1 Å². The average molecular weight is 403 g/mol. The lowest BCUT2D eigenvalue weighted by Crippen LogP contribution is -2.47. The first-order valence-corrected chi connectivity index (χ1v) is 9.48. The Bertz CT molecular complexity index is 1000. The molecule has 3 aromatic rings. The molecule has 0 aliphatic carbocycles. The van der Waals surface area contributed by atoms with Crippen LogP contribution in [-0.4, -0.2) is 18.7 Å². The fourth-order valence-electron chi connectivity index (χ4n) is 3.56. The quantitative estimate of drug-likeness (QED) is 0.705. The van der Waals surface area contributed by atoms with Crippen molar-refractivity contribution in [3.8, 4) is 11.5 Å². The minimum atomic E-state index is -0.200. The van der Waals surface area contributed by atoms with Gasteiger partial charge in [0.2, 0.25) is 12.7 Å². The van der Waals surface area contributed by atoms with Crippen molar-refractivity contribution in [2.24, 2.45) is 0 Å². The van der Waals surface area contributed by atoms with Gasteiger partial charge in [0.05, 0.1) is 6.04 Å². The normalized spacial score (nSPS) is 17.3. The number of carbonyl (C=O) groups is 1. The molecule has 0 bridgehead atoms. The summed E-state index contributed by atoms with van der Waals surface area (Å²) in [6, 6.07) is 14.0. The summed E-state index contributed by atoms with van der Waals surface area (Å²) in [5.41, 5.74) is 2.31. The summed E-state index contributed by atoms with van der Waals surface area (Å²) in [6.45, 7) is 1.48. The molecule has 27 heavy (non-hydrogen) atoms. The Hall–Kier alpha value is -2.28. The lowest BCUT2D eigenvalue weighted by atomic mass is 9.98. The first-order valence-electron chi connectivity index (χ1n) is 8.67. The third-order valence-corrected chi connectivity index (χ3v) is 6.13. The van der Waals surface area contributed by atoms with E-state index in [0.29, 0.717) is 6.54 Å². The van der Waals surface area contributed by atoms with Crippen LogP contribution >= 0.6 is 23.7 Å². The number of halogens is 1. The van der Waals surface area contributed by atoms with E-state index in [2.05, 4.69) is 34.9 Å². The summed E-state index contributed by atoms with van der Waals surface area (Å²) >= 11 is 1.82. The van der Waals surface area contributed by atoms with Crippen molar-refractivity contribution >= 4 is 39.7 Å². The molecule has 0 spiro atoms. The molecule has 1 atom stereocenters. The highest BCUT2D eigenvalue weighted by atomic mass is 35.5. The zero-order valence-corrected chi connectivity index (χ0v) is 16.1. The SMILES string of the molecule is Cl.O=C(NCc1ccc2c(c1)OCO2)C1Cc2c(sc3ccccc23)CN1. The maximum Gasteiger partial charge on any atom is 0.237 e. The Kier molecular flexibility index (Phi) is 4.95. The van der Waals surface area contributed by atoms with E-state index in [9.17, 15) is 4.79 Å². The van der Waals surface area contributed by atoms with E-state index < -0.39 is 0 Å². The number of fused-ring (bicyclic) bond motifs is 4. The molecule has 140 valence electrons. The van der Waals surface area contributed by atoms with Gasteiger partial charge in [-0.25, -0.2) is 0 Å². The second kappa shape index (κ2) is 7.38. The van der Waals surface area contributed by atoms with E-state index in [4.69, 9.17) is 9.47 Å². The van der Waals surface area contributed by atoms with Crippen molar-refractivity contribution in [3.05, 3.63) is 58.5 Å². The minimum Gasteiger partial charge on any atom is -0.454 e. The van der Waals surface area contributed by atoms with Crippen LogP contribution in [0.2, 0.25) is 0 Å². The molecule has 2 aromatic carbocycles. The van der Waals surface area contributed by atoms with E-state index in [1.807, 2.05) is 29.5 Å². The molecular formula is C20H19ClN2O3S. The highest BCUT2D eigenvalue weighted by Crippen LogP contribution is 2.34. The average Bonchev–Trinajstić information content (AvgIpc) is 3.29. The monoisotopic (exact) mass is 402 g/mol. The summed E-state index contributed by atoms with van der Waals surface area (Å²) in [5, 5.41) is 7.68. The molecule has 1 unspecified atom stereocenters. The molecule has 7 heteroatoms. The molecule has 5 nitrogen and oxygen atoms in total. The van der Waals surface area contributed by atoms with Crippen LogP contribution in [0.15, 0.2) is 42.5 Å². The van der Waals surface area contributed by atoms with Gasteiger partial charge >= 0.3 is 0 Å².